The lowest BCUT2D eigenvalue weighted by Crippen LogP contribution is -2.38. The summed E-state index contributed by atoms with van der Waals surface area (Å²) in [4.78, 5) is 14.6. The highest BCUT2D eigenvalue weighted by Crippen LogP contribution is 2.33. The van der Waals surface area contributed by atoms with Crippen LogP contribution in [0.2, 0.25) is 0 Å². The second-order valence-electron chi connectivity index (χ2n) is 5.15. The van der Waals surface area contributed by atoms with Crippen LogP contribution in [0.5, 0.6) is 0 Å². The van der Waals surface area contributed by atoms with Crippen molar-refractivity contribution in [3.8, 4) is 0 Å². The molecule has 2 heterocycles. The number of aromatic nitrogens is 2. The van der Waals surface area contributed by atoms with Gasteiger partial charge < -0.3 is 4.98 Å². The van der Waals surface area contributed by atoms with Crippen LogP contribution in [0.1, 0.15) is 13.3 Å². The molecule has 110 valence electrons. The summed E-state index contributed by atoms with van der Waals surface area (Å²) in [5.41, 5.74) is -0.297. The number of hydrogen-bond acceptors (Lipinski definition) is 3. The molecule has 3 rings (SSSR count). The Morgan fingerprint density at radius 2 is 2.14 bits per heavy atom. The second-order valence-corrected chi connectivity index (χ2v) is 8.21. The predicted octanol–water partition coefficient (Wildman–Crippen LogP) is 2.54. The molecule has 0 aliphatic heterocycles. The molecule has 1 aliphatic rings. The molecular weight excluding hydrogens is 356 g/mol. The van der Waals surface area contributed by atoms with Gasteiger partial charge >= 0.3 is 0 Å². The van der Waals surface area contributed by atoms with Crippen LogP contribution in [0, 0.1) is 0 Å². The van der Waals surface area contributed by atoms with E-state index in [-0.39, 0.29) is 5.52 Å². The number of nitrogens with one attached hydrogen (secondary N) is 1. The number of H-pyrrole nitrogens is 1. The number of rotatable bonds is 2. The molecule has 7 heteroatoms. The molecule has 1 aliphatic carbocycles. The predicted molar refractivity (Wildman–Crippen MR) is 85.9 cm³/mol. The molecule has 0 saturated heterocycles. The maximum absolute atomic E-state index is 13.1. The molecular formula is C14H13BrN2O3S. The maximum Gasteiger partial charge on any atom is 0.273 e. The number of pyridine rings is 1. The zero-order valence-electron chi connectivity index (χ0n) is 11.2. The highest BCUT2D eigenvalue weighted by Gasteiger charge is 2.40. The third-order valence-electron chi connectivity index (χ3n) is 3.69. The molecule has 0 fully saturated rings. The summed E-state index contributed by atoms with van der Waals surface area (Å²) >= 11 is 3.26. The van der Waals surface area contributed by atoms with Crippen molar-refractivity contribution in [1.29, 1.82) is 0 Å². The highest BCUT2D eigenvalue weighted by atomic mass is 79.9. The van der Waals surface area contributed by atoms with E-state index in [0.29, 0.717) is 16.4 Å². The molecule has 0 aromatic carbocycles. The van der Waals surface area contributed by atoms with Crippen molar-refractivity contribution in [2.24, 2.45) is 0 Å². The van der Waals surface area contributed by atoms with Gasteiger partial charge in [0.15, 0.2) is 0 Å². The van der Waals surface area contributed by atoms with E-state index in [2.05, 4.69) is 20.9 Å². The standard InChI is InChI=1S/C14H13BrN2O3S/c1-14(6-3-2-4-7-14)21(19,20)17-11(15)9-10-5-8-16-13(18)12(10)17/h2-6,8-9H,7H2,1H3,(H,16,18). The monoisotopic (exact) mass is 368 g/mol. The van der Waals surface area contributed by atoms with Crippen LogP contribution in [-0.2, 0) is 10.0 Å². The molecule has 0 spiro atoms. The second kappa shape index (κ2) is 4.71. The Morgan fingerprint density at radius 1 is 1.38 bits per heavy atom. The summed E-state index contributed by atoms with van der Waals surface area (Å²) < 4.78 is 26.5. The first-order valence-electron chi connectivity index (χ1n) is 6.35. The Kier molecular flexibility index (Phi) is 3.22. The fraction of sp³-hybridized carbons (Fsp3) is 0.214. The number of nitrogens with zero attached hydrogens (tertiary/aromatic N) is 1. The molecule has 0 radical (unpaired) electrons. The Bertz CT molecular complexity index is 937. The summed E-state index contributed by atoms with van der Waals surface area (Å²) in [7, 11) is -3.79. The molecule has 2 aromatic heterocycles. The molecule has 5 nitrogen and oxygen atoms in total. The van der Waals surface area contributed by atoms with Gasteiger partial charge in [-0.2, -0.15) is 0 Å². The van der Waals surface area contributed by atoms with Crippen molar-refractivity contribution >= 4 is 36.9 Å². The van der Waals surface area contributed by atoms with Crippen LogP contribution in [0.4, 0.5) is 0 Å². The van der Waals surface area contributed by atoms with Crippen molar-refractivity contribution in [2.75, 3.05) is 0 Å². The van der Waals surface area contributed by atoms with E-state index < -0.39 is 20.3 Å². The van der Waals surface area contributed by atoms with Crippen molar-refractivity contribution in [3.63, 3.8) is 0 Å². The van der Waals surface area contributed by atoms with E-state index in [1.807, 2.05) is 6.08 Å². The first-order chi connectivity index (χ1) is 9.87. The molecule has 1 atom stereocenters. The zero-order valence-corrected chi connectivity index (χ0v) is 13.6. The van der Waals surface area contributed by atoms with Gasteiger partial charge in [-0.3, -0.25) is 4.79 Å². The SMILES string of the molecule is CC1(S(=O)(=O)n2c(Br)cc3cc[nH]c(=O)c32)C=CC=CC1. The van der Waals surface area contributed by atoms with E-state index in [4.69, 9.17) is 0 Å². The van der Waals surface area contributed by atoms with Crippen LogP contribution in [0.3, 0.4) is 0 Å². The van der Waals surface area contributed by atoms with E-state index in [1.165, 1.54) is 6.20 Å². The first kappa shape index (κ1) is 14.3. The Balaban J connectivity index is 2.35. The minimum absolute atomic E-state index is 0.133. The number of hydrogen-bond donors (Lipinski definition) is 1. The smallest absolute Gasteiger partial charge is 0.273 e. The molecule has 21 heavy (non-hydrogen) atoms. The normalized spacial score (nSPS) is 22.0. The van der Waals surface area contributed by atoms with Crippen molar-refractivity contribution in [2.45, 2.75) is 18.1 Å². The van der Waals surface area contributed by atoms with Gasteiger partial charge in [-0.1, -0.05) is 24.3 Å². The zero-order chi connectivity index (χ0) is 15.3. The lowest BCUT2D eigenvalue weighted by Gasteiger charge is -2.27. The maximum atomic E-state index is 13.1. The van der Waals surface area contributed by atoms with Crippen molar-refractivity contribution < 1.29 is 8.42 Å². The van der Waals surface area contributed by atoms with Gasteiger partial charge in [0.1, 0.15) is 14.9 Å². The van der Waals surface area contributed by atoms with Crippen LogP contribution >= 0.6 is 15.9 Å². The summed E-state index contributed by atoms with van der Waals surface area (Å²) in [6.45, 7) is 1.65. The first-order valence-corrected chi connectivity index (χ1v) is 8.58. The molecule has 2 aromatic rings. The number of fused-ring (bicyclic) bond motifs is 1. The molecule has 0 saturated carbocycles. The molecule has 0 bridgehead atoms. The average Bonchev–Trinajstić information content (AvgIpc) is 2.77. The van der Waals surface area contributed by atoms with Gasteiger partial charge in [-0.25, -0.2) is 12.4 Å². The quantitative estimate of drug-likeness (QED) is 0.884. The van der Waals surface area contributed by atoms with Gasteiger partial charge in [-0.05, 0) is 41.4 Å². The third-order valence-corrected chi connectivity index (χ3v) is 6.85. The van der Waals surface area contributed by atoms with Crippen LogP contribution in [0.25, 0.3) is 10.9 Å². The fourth-order valence-electron chi connectivity index (χ4n) is 2.45. The summed E-state index contributed by atoms with van der Waals surface area (Å²) in [5, 5.41) is 0.577. The third kappa shape index (κ3) is 2.03. The van der Waals surface area contributed by atoms with Gasteiger partial charge in [-0.15, -0.1) is 0 Å². The van der Waals surface area contributed by atoms with Gasteiger partial charge in [0, 0.05) is 11.6 Å². The van der Waals surface area contributed by atoms with Gasteiger partial charge in [0.25, 0.3) is 5.56 Å². The minimum Gasteiger partial charge on any atom is -0.327 e. The largest absolute Gasteiger partial charge is 0.327 e. The highest BCUT2D eigenvalue weighted by molar-refractivity contribution is 9.10. The molecule has 0 amide bonds. The van der Waals surface area contributed by atoms with Crippen LogP contribution in [0.15, 0.2) is 52.0 Å². The number of halogens is 1. The topological polar surface area (TPSA) is 71.9 Å². The van der Waals surface area contributed by atoms with Crippen LogP contribution in [-0.4, -0.2) is 22.1 Å². The lowest BCUT2D eigenvalue weighted by molar-refractivity contribution is 0.554. The number of allylic oxidation sites excluding steroid dienone is 3. The minimum atomic E-state index is -3.79. The van der Waals surface area contributed by atoms with E-state index >= 15 is 0 Å². The van der Waals surface area contributed by atoms with Gasteiger partial charge in [0.2, 0.25) is 10.0 Å². The Morgan fingerprint density at radius 3 is 2.81 bits per heavy atom. The van der Waals surface area contributed by atoms with Crippen molar-refractivity contribution in [1.82, 2.24) is 8.96 Å². The van der Waals surface area contributed by atoms with Gasteiger partial charge in [0.05, 0.1) is 0 Å². The number of aromatic amines is 1. The fourth-order valence-corrected chi connectivity index (χ4v) is 5.13. The Hall–Kier alpha value is -1.60. The van der Waals surface area contributed by atoms with Crippen molar-refractivity contribution in [3.05, 3.63) is 57.6 Å². The Labute approximate surface area is 130 Å². The van der Waals surface area contributed by atoms with E-state index in [9.17, 15) is 13.2 Å². The molecule has 1 N–H and O–H groups in total. The van der Waals surface area contributed by atoms with E-state index in [0.717, 1.165) is 3.97 Å². The average molecular weight is 369 g/mol. The van der Waals surface area contributed by atoms with Crippen LogP contribution < -0.4 is 5.56 Å². The summed E-state index contributed by atoms with van der Waals surface area (Å²) in [6.07, 6.45) is 8.85. The van der Waals surface area contributed by atoms with E-state index in [1.54, 1.807) is 37.3 Å². The summed E-state index contributed by atoms with van der Waals surface area (Å²) in [5.74, 6) is 0. The molecule has 1 unspecified atom stereocenters. The summed E-state index contributed by atoms with van der Waals surface area (Å²) in [6, 6.07) is 3.31. The lowest BCUT2D eigenvalue weighted by atomic mass is 10.0.